The number of nitrogens with zero attached hydrogens (tertiary/aromatic N) is 1. The minimum Gasteiger partial charge on any atom is -0.348 e. The summed E-state index contributed by atoms with van der Waals surface area (Å²) in [7, 11) is 3.58. The Bertz CT molecular complexity index is 181. The van der Waals surface area contributed by atoms with E-state index in [2.05, 4.69) is 19.2 Å². The number of nitrogens with one attached hydrogen (secondary N) is 1. The monoisotopic (exact) mass is 228 g/mol. The summed E-state index contributed by atoms with van der Waals surface area (Å²) < 4.78 is 0. The van der Waals surface area contributed by atoms with Gasteiger partial charge in [-0.3, -0.25) is 4.79 Å². The van der Waals surface area contributed by atoms with Gasteiger partial charge in [-0.1, -0.05) is 39.0 Å². The molecule has 3 nitrogen and oxygen atoms in total. The van der Waals surface area contributed by atoms with E-state index in [9.17, 15) is 4.79 Å². The maximum absolute atomic E-state index is 11.3. The molecule has 0 bridgehead atoms. The Morgan fingerprint density at radius 2 is 1.81 bits per heavy atom. The second-order valence-corrected chi connectivity index (χ2v) is 4.77. The van der Waals surface area contributed by atoms with Gasteiger partial charge in [0.25, 0.3) is 0 Å². The molecule has 0 spiro atoms. The van der Waals surface area contributed by atoms with E-state index in [1.165, 1.54) is 38.5 Å². The summed E-state index contributed by atoms with van der Waals surface area (Å²) in [5.74, 6) is 0.151. The van der Waals surface area contributed by atoms with E-state index in [1.54, 1.807) is 19.0 Å². The van der Waals surface area contributed by atoms with Crippen LogP contribution in [-0.2, 0) is 4.79 Å². The number of hydrogen-bond donors (Lipinski definition) is 1. The minimum absolute atomic E-state index is 0.151. The molecule has 0 aliphatic rings. The number of hydrogen-bond acceptors (Lipinski definition) is 2. The van der Waals surface area contributed by atoms with Crippen LogP contribution in [0.2, 0.25) is 0 Å². The zero-order chi connectivity index (χ0) is 12.4. The van der Waals surface area contributed by atoms with Gasteiger partial charge >= 0.3 is 0 Å². The standard InChI is InChI=1S/C13H28N2O/c1-5-6-7-8-9-10-12(2)14-11-13(16)15(3)4/h12,14H,5-11H2,1-4H3. The van der Waals surface area contributed by atoms with Crippen LogP contribution in [0, 0.1) is 0 Å². The quantitative estimate of drug-likeness (QED) is 0.615. The van der Waals surface area contributed by atoms with Crippen LogP contribution in [-0.4, -0.2) is 37.5 Å². The second-order valence-electron chi connectivity index (χ2n) is 4.77. The van der Waals surface area contributed by atoms with Crippen molar-refractivity contribution in [3.8, 4) is 0 Å². The number of carbonyl (C=O) groups is 1. The van der Waals surface area contributed by atoms with Gasteiger partial charge in [0, 0.05) is 20.1 Å². The van der Waals surface area contributed by atoms with E-state index < -0.39 is 0 Å². The number of unbranched alkanes of at least 4 members (excludes halogenated alkanes) is 4. The summed E-state index contributed by atoms with van der Waals surface area (Å²) in [6.45, 7) is 4.85. The van der Waals surface area contributed by atoms with E-state index in [-0.39, 0.29) is 5.91 Å². The van der Waals surface area contributed by atoms with E-state index in [4.69, 9.17) is 0 Å². The Hall–Kier alpha value is -0.570. The predicted molar refractivity (Wildman–Crippen MR) is 69.5 cm³/mol. The van der Waals surface area contributed by atoms with Crippen LogP contribution in [0.25, 0.3) is 0 Å². The Labute approximate surface area is 101 Å². The summed E-state index contributed by atoms with van der Waals surface area (Å²) in [4.78, 5) is 13.0. The molecule has 0 aliphatic carbocycles. The van der Waals surface area contributed by atoms with E-state index >= 15 is 0 Å². The molecule has 0 saturated heterocycles. The lowest BCUT2D eigenvalue weighted by Gasteiger charge is -2.15. The second kappa shape index (κ2) is 9.64. The van der Waals surface area contributed by atoms with Gasteiger partial charge in [0.15, 0.2) is 0 Å². The van der Waals surface area contributed by atoms with Gasteiger partial charge < -0.3 is 10.2 Å². The highest BCUT2D eigenvalue weighted by Crippen LogP contribution is 2.06. The highest BCUT2D eigenvalue weighted by Gasteiger charge is 2.06. The molecule has 16 heavy (non-hydrogen) atoms. The first-order valence-electron chi connectivity index (χ1n) is 6.51. The van der Waals surface area contributed by atoms with Crippen LogP contribution >= 0.6 is 0 Å². The Morgan fingerprint density at radius 3 is 2.38 bits per heavy atom. The molecule has 0 aromatic carbocycles. The molecule has 1 atom stereocenters. The summed E-state index contributed by atoms with van der Waals surface area (Å²) in [5, 5.41) is 3.26. The van der Waals surface area contributed by atoms with Gasteiger partial charge in [0.1, 0.15) is 0 Å². The minimum atomic E-state index is 0.151. The smallest absolute Gasteiger partial charge is 0.236 e. The molecule has 0 aromatic heterocycles. The average molecular weight is 228 g/mol. The van der Waals surface area contributed by atoms with Crippen LogP contribution in [0.3, 0.4) is 0 Å². The lowest BCUT2D eigenvalue weighted by molar-refractivity contribution is -0.127. The maximum atomic E-state index is 11.3. The van der Waals surface area contributed by atoms with Gasteiger partial charge in [0.2, 0.25) is 5.91 Å². The summed E-state index contributed by atoms with van der Waals surface area (Å²) in [6, 6.07) is 0.450. The van der Waals surface area contributed by atoms with Gasteiger partial charge in [-0.25, -0.2) is 0 Å². The van der Waals surface area contributed by atoms with Gasteiger partial charge in [-0.2, -0.15) is 0 Å². The van der Waals surface area contributed by atoms with E-state index in [1.807, 2.05) is 0 Å². The van der Waals surface area contributed by atoms with Crippen molar-refractivity contribution in [1.82, 2.24) is 10.2 Å². The summed E-state index contributed by atoms with van der Waals surface area (Å²) in [5.41, 5.74) is 0. The number of likely N-dealkylation sites (N-methyl/N-ethyl adjacent to an activating group) is 1. The first-order valence-corrected chi connectivity index (χ1v) is 6.51. The van der Waals surface area contributed by atoms with Gasteiger partial charge in [-0.05, 0) is 13.3 Å². The third-order valence-corrected chi connectivity index (χ3v) is 2.84. The van der Waals surface area contributed by atoms with Crippen LogP contribution in [0.1, 0.15) is 52.4 Å². The van der Waals surface area contributed by atoms with Crippen molar-refractivity contribution in [2.24, 2.45) is 0 Å². The van der Waals surface area contributed by atoms with Crippen molar-refractivity contribution in [3.05, 3.63) is 0 Å². The SMILES string of the molecule is CCCCCCCC(C)NCC(=O)N(C)C. The first-order chi connectivity index (χ1) is 7.57. The number of amides is 1. The van der Waals surface area contributed by atoms with Gasteiger partial charge in [0.05, 0.1) is 6.54 Å². The topological polar surface area (TPSA) is 32.3 Å². The average Bonchev–Trinajstić information content (AvgIpc) is 2.25. The van der Waals surface area contributed by atoms with Crippen molar-refractivity contribution in [3.63, 3.8) is 0 Å². The normalized spacial score (nSPS) is 12.5. The van der Waals surface area contributed by atoms with Crippen molar-refractivity contribution >= 4 is 5.91 Å². The molecule has 0 saturated carbocycles. The molecule has 0 rings (SSSR count). The zero-order valence-electron chi connectivity index (χ0n) is 11.4. The summed E-state index contributed by atoms with van der Waals surface area (Å²) >= 11 is 0. The summed E-state index contributed by atoms with van der Waals surface area (Å²) in [6.07, 6.45) is 7.75. The Kier molecular flexibility index (Phi) is 9.30. The van der Waals surface area contributed by atoms with Crippen LogP contribution in [0.15, 0.2) is 0 Å². The van der Waals surface area contributed by atoms with Crippen LogP contribution in [0.4, 0.5) is 0 Å². The fourth-order valence-electron chi connectivity index (χ4n) is 1.58. The molecule has 1 amide bonds. The fourth-order valence-corrected chi connectivity index (χ4v) is 1.58. The Balaban J connectivity index is 3.37. The van der Waals surface area contributed by atoms with Crippen LogP contribution < -0.4 is 5.32 Å². The molecule has 3 heteroatoms. The highest BCUT2D eigenvalue weighted by molar-refractivity contribution is 5.77. The molecule has 1 unspecified atom stereocenters. The molecule has 0 aliphatic heterocycles. The third kappa shape index (κ3) is 8.72. The third-order valence-electron chi connectivity index (χ3n) is 2.84. The largest absolute Gasteiger partial charge is 0.348 e. The van der Waals surface area contributed by atoms with Crippen molar-refractivity contribution in [1.29, 1.82) is 0 Å². The zero-order valence-corrected chi connectivity index (χ0v) is 11.4. The molecular formula is C13H28N2O. The maximum Gasteiger partial charge on any atom is 0.236 e. The number of rotatable bonds is 9. The van der Waals surface area contributed by atoms with Gasteiger partial charge in [-0.15, -0.1) is 0 Å². The van der Waals surface area contributed by atoms with E-state index in [0.717, 1.165) is 0 Å². The van der Waals surface area contributed by atoms with Crippen molar-refractivity contribution in [2.45, 2.75) is 58.4 Å². The molecule has 1 N–H and O–H groups in total. The molecule has 0 aromatic rings. The molecule has 96 valence electrons. The van der Waals surface area contributed by atoms with Crippen molar-refractivity contribution < 1.29 is 4.79 Å². The fraction of sp³-hybridized carbons (Fsp3) is 0.923. The molecule has 0 fully saturated rings. The highest BCUT2D eigenvalue weighted by atomic mass is 16.2. The molecular weight excluding hydrogens is 200 g/mol. The number of carbonyl (C=O) groups excluding carboxylic acids is 1. The lowest BCUT2D eigenvalue weighted by atomic mass is 10.1. The first kappa shape index (κ1) is 15.4. The van der Waals surface area contributed by atoms with E-state index in [0.29, 0.717) is 12.6 Å². The Morgan fingerprint density at radius 1 is 1.19 bits per heavy atom. The van der Waals surface area contributed by atoms with Crippen LogP contribution in [0.5, 0.6) is 0 Å². The predicted octanol–water partition coefficient (Wildman–Crippen LogP) is 2.41. The molecule has 0 heterocycles. The van der Waals surface area contributed by atoms with Crippen molar-refractivity contribution in [2.75, 3.05) is 20.6 Å². The molecule has 0 radical (unpaired) electrons. The lowest BCUT2D eigenvalue weighted by Crippen LogP contribution is -2.37.